The van der Waals surface area contributed by atoms with Gasteiger partial charge in [-0.2, -0.15) is 0 Å². The van der Waals surface area contributed by atoms with E-state index < -0.39 is 11.2 Å². The van der Waals surface area contributed by atoms with Crippen LogP contribution in [0.2, 0.25) is 0 Å². The van der Waals surface area contributed by atoms with E-state index in [1.54, 1.807) is 13.0 Å². The summed E-state index contributed by atoms with van der Waals surface area (Å²) < 4.78 is 21.2. The minimum Gasteiger partial charge on any atom is -0.463 e. The van der Waals surface area contributed by atoms with E-state index in [-0.39, 0.29) is 12.6 Å². The van der Waals surface area contributed by atoms with E-state index >= 15 is 0 Å². The van der Waals surface area contributed by atoms with Crippen LogP contribution in [-0.4, -0.2) is 44.8 Å². The Hall–Kier alpha value is -0.910. The molecule has 5 heteroatoms. The van der Waals surface area contributed by atoms with E-state index in [0.29, 0.717) is 26.4 Å². The molecule has 0 aromatic carbocycles. The first-order valence-corrected chi connectivity index (χ1v) is 6.03. The van der Waals surface area contributed by atoms with Gasteiger partial charge in [-0.1, -0.05) is 6.08 Å². The van der Waals surface area contributed by atoms with E-state index in [1.165, 1.54) is 0 Å². The Morgan fingerprint density at radius 2 is 1.89 bits per heavy atom. The Balaban J connectivity index is 2.30. The molecule has 0 N–H and O–H groups in total. The molecule has 1 fully saturated rings. The summed E-state index contributed by atoms with van der Waals surface area (Å²) in [5.74, 6) is -0.951. The normalized spacial score (nSPS) is 21.3. The SMILES string of the molecule is C=CCOCCOC(=O)C1(C)COC(C)(C)OC1. The highest BCUT2D eigenvalue weighted by Gasteiger charge is 2.43. The molecule has 5 nitrogen and oxygen atoms in total. The van der Waals surface area contributed by atoms with Crippen LogP contribution in [0.15, 0.2) is 12.7 Å². The molecule has 0 unspecified atom stereocenters. The van der Waals surface area contributed by atoms with E-state index in [1.807, 2.05) is 13.8 Å². The van der Waals surface area contributed by atoms with Crippen LogP contribution in [0.4, 0.5) is 0 Å². The highest BCUT2D eigenvalue weighted by atomic mass is 16.7. The van der Waals surface area contributed by atoms with Gasteiger partial charge in [-0.05, 0) is 20.8 Å². The van der Waals surface area contributed by atoms with Gasteiger partial charge < -0.3 is 18.9 Å². The molecule has 1 saturated heterocycles. The summed E-state index contributed by atoms with van der Waals surface area (Å²) >= 11 is 0. The van der Waals surface area contributed by atoms with Gasteiger partial charge in [0, 0.05) is 0 Å². The summed E-state index contributed by atoms with van der Waals surface area (Å²) in [6, 6.07) is 0. The van der Waals surface area contributed by atoms with Crippen molar-refractivity contribution in [3.05, 3.63) is 12.7 Å². The summed E-state index contributed by atoms with van der Waals surface area (Å²) in [7, 11) is 0. The molecule has 0 bridgehead atoms. The van der Waals surface area contributed by atoms with Gasteiger partial charge in [0.15, 0.2) is 5.79 Å². The van der Waals surface area contributed by atoms with Crippen LogP contribution in [0.1, 0.15) is 20.8 Å². The zero-order valence-corrected chi connectivity index (χ0v) is 11.4. The lowest BCUT2D eigenvalue weighted by molar-refractivity contribution is -0.281. The first-order chi connectivity index (χ1) is 8.40. The van der Waals surface area contributed by atoms with Crippen LogP contribution in [0.5, 0.6) is 0 Å². The van der Waals surface area contributed by atoms with Gasteiger partial charge in [0.05, 0.1) is 26.4 Å². The van der Waals surface area contributed by atoms with Gasteiger partial charge in [0.1, 0.15) is 12.0 Å². The summed E-state index contributed by atoms with van der Waals surface area (Å²) in [5.41, 5.74) is -0.742. The molecule has 1 heterocycles. The molecular weight excluding hydrogens is 236 g/mol. The molecule has 0 spiro atoms. The second-order valence-electron chi connectivity index (χ2n) is 5.04. The number of ether oxygens (including phenoxy) is 4. The third-order valence-corrected chi connectivity index (χ3v) is 2.67. The maximum absolute atomic E-state index is 11.9. The summed E-state index contributed by atoms with van der Waals surface area (Å²) in [4.78, 5) is 11.9. The number of esters is 1. The van der Waals surface area contributed by atoms with Crippen molar-refractivity contribution in [2.45, 2.75) is 26.6 Å². The number of carbonyl (C=O) groups excluding carboxylic acids is 1. The van der Waals surface area contributed by atoms with Crippen LogP contribution < -0.4 is 0 Å². The largest absolute Gasteiger partial charge is 0.463 e. The maximum Gasteiger partial charge on any atom is 0.316 e. The van der Waals surface area contributed by atoms with Crippen molar-refractivity contribution >= 4 is 5.97 Å². The Bertz CT molecular complexity index is 288. The number of rotatable bonds is 6. The standard InChI is InChI=1S/C13H22O5/c1-5-6-15-7-8-16-11(14)13(4)9-17-12(2,3)18-10-13/h5H,1,6-10H2,2-4H3. The van der Waals surface area contributed by atoms with Gasteiger partial charge in [-0.25, -0.2) is 0 Å². The van der Waals surface area contributed by atoms with Crippen LogP contribution in [0.3, 0.4) is 0 Å². The van der Waals surface area contributed by atoms with Gasteiger partial charge in [-0.3, -0.25) is 4.79 Å². The Morgan fingerprint density at radius 3 is 2.44 bits per heavy atom. The lowest BCUT2D eigenvalue weighted by Gasteiger charge is -2.39. The van der Waals surface area contributed by atoms with Gasteiger partial charge in [0.2, 0.25) is 0 Å². The molecular formula is C13H22O5. The molecule has 1 aliphatic heterocycles. The number of hydrogen-bond acceptors (Lipinski definition) is 5. The molecule has 0 atom stereocenters. The fourth-order valence-corrected chi connectivity index (χ4v) is 1.40. The summed E-state index contributed by atoms with van der Waals surface area (Å²) in [6.07, 6.45) is 1.65. The lowest BCUT2D eigenvalue weighted by Crippen LogP contribution is -2.49. The van der Waals surface area contributed by atoms with Crippen molar-refractivity contribution in [2.75, 3.05) is 33.0 Å². The molecule has 0 saturated carbocycles. The highest BCUT2D eigenvalue weighted by molar-refractivity contribution is 5.76. The molecule has 18 heavy (non-hydrogen) atoms. The molecule has 1 aliphatic rings. The second-order valence-corrected chi connectivity index (χ2v) is 5.04. The van der Waals surface area contributed by atoms with Crippen molar-refractivity contribution in [3.8, 4) is 0 Å². The minimum atomic E-state index is -0.742. The van der Waals surface area contributed by atoms with Crippen LogP contribution in [0.25, 0.3) is 0 Å². The Morgan fingerprint density at radius 1 is 1.28 bits per heavy atom. The van der Waals surface area contributed by atoms with Crippen LogP contribution in [0, 0.1) is 5.41 Å². The minimum absolute atomic E-state index is 0.228. The van der Waals surface area contributed by atoms with Crippen molar-refractivity contribution in [1.82, 2.24) is 0 Å². The first kappa shape index (κ1) is 15.1. The smallest absolute Gasteiger partial charge is 0.316 e. The lowest BCUT2D eigenvalue weighted by atomic mass is 9.92. The monoisotopic (exact) mass is 258 g/mol. The van der Waals surface area contributed by atoms with Gasteiger partial charge in [-0.15, -0.1) is 6.58 Å². The van der Waals surface area contributed by atoms with Crippen molar-refractivity contribution in [2.24, 2.45) is 5.41 Å². The summed E-state index contributed by atoms with van der Waals surface area (Å²) in [5, 5.41) is 0. The van der Waals surface area contributed by atoms with Crippen molar-refractivity contribution < 1.29 is 23.7 Å². The Kier molecular flexibility index (Phi) is 5.31. The van der Waals surface area contributed by atoms with Crippen LogP contribution >= 0.6 is 0 Å². The fraction of sp³-hybridized carbons (Fsp3) is 0.769. The molecule has 104 valence electrons. The van der Waals surface area contributed by atoms with E-state index in [0.717, 1.165) is 0 Å². The third kappa shape index (κ3) is 4.40. The first-order valence-electron chi connectivity index (χ1n) is 6.03. The van der Waals surface area contributed by atoms with E-state index in [9.17, 15) is 4.79 Å². The molecule has 0 aliphatic carbocycles. The van der Waals surface area contributed by atoms with Crippen LogP contribution in [-0.2, 0) is 23.7 Å². The molecule has 0 amide bonds. The zero-order valence-electron chi connectivity index (χ0n) is 11.4. The second kappa shape index (κ2) is 6.31. The Labute approximate surface area is 108 Å². The third-order valence-electron chi connectivity index (χ3n) is 2.67. The number of carbonyl (C=O) groups is 1. The van der Waals surface area contributed by atoms with Gasteiger partial charge in [0.25, 0.3) is 0 Å². The molecule has 0 aromatic heterocycles. The van der Waals surface area contributed by atoms with Gasteiger partial charge >= 0.3 is 5.97 Å². The molecule has 1 rings (SSSR count). The quantitative estimate of drug-likeness (QED) is 0.411. The summed E-state index contributed by atoms with van der Waals surface area (Å²) in [6.45, 7) is 10.6. The highest BCUT2D eigenvalue weighted by Crippen LogP contribution is 2.30. The van der Waals surface area contributed by atoms with Crippen molar-refractivity contribution in [3.63, 3.8) is 0 Å². The predicted octanol–water partition coefficient (Wildman–Crippen LogP) is 1.52. The average molecular weight is 258 g/mol. The fourth-order valence-electron chi connectivity index (χ4n) is 1.40. The molecule has 0 radical (unpaired) electrons. The average Bonchev–Trinajstić information content (AvgIpc) is 2.33. The maximum atomic E-state index is 11.9. The topological polar surface area (TPSA) is 54.0 Å². The number of hydrogen-bond donors (Lipinski definition) is 0. The van der Waals surface area contributed by atoms with E-state index in [2.05, 4.69) is 6.58 Å². The van der Waals surface area contributed by atoms with E-state index in [4.69, 9.17) is 18.9 Å². The van der Waals surface area contributed by atoms with Crippen molar-refractivity contribution in [1.29, 1.82) is 0 Å². The zero-order chi connectivity index (χ0) is 13.6. The predicted molar refractivity (Wildman–Crippen MR) is 66.1 cm³/mol. The molecule has 0 aromatic rings.